The van der Waals surface area contributed by atoms with Gasteiger partial charge in [0.05, 0.1) is 30.0 Å². The van der Waals surface area contributed by atoms with Crippen LogP contribution in [-0.4, -0.2) is 49.4 Å². The summed E-state index contributed by atoms with van der Waals surface area (Å²) in [5, 5.41) is 5.60. The molecular weight excluding hydrogens is 272 g/mol. The molecule has 2 aromatic heterocycles. The van der Waals surface area contributed by atoms with Crippen LogP contribution in [-0.2, 0) is 4.74 Å². The van der Waals surface area contributed by atoms with Crippen LogP contribution in [0.5, 0.6) is 0 Å². The molecule has 5 nitrogen and oxygen atoms in total. The predicted molar refractivity (Wildman–Crippen MR) is 81.6 cm³/mol. The monoisotopic (exact) mass is 293 g/mol. The number of morpholine rings is 1. The minimum atomic E-state index is 0.907. The fourth-order valence-electron chi connectivity index (χ4n) is 2.55. The molecule has 0 unspecified atom stereocenters. The summed E-state index contributed by atoms with van der Waals surface area (Å²) in [6.07, 6.45) is 2.81. The summed E-state index contributed by atoms with van der Waals surface area (Å²) in [5.74, 6) is 0.977. The molecule has 0 aliphatic carbocycles. The number of quaternary nitrogens is 1. The lowest BCUT2D eigenvalue weighted by molar-refractivity contribution is -0.908. The topological polar surface area (TPSA) is 51.5 Å². The molecule has 1 aliphatic heterocycles. The van der Waals surface area contributed by atoms with Crippen LogP contribution in [0.15, 0.2) is 11.7 Å². The van der Waals surface area contributed by atoms with E-state index in [4.69, 9.17) is 4.74 Å². The van der Waals surface area contributed by atoms with Gasteiger partial charge in [0, 0.05) is 13.0 Å². The lowest BCUT2D eigenvalue weighted by Gasteiger charge is -2.23. The Morgan fingerprint density at radius 2 is 2.20 bits per heavy atom. The molecule has 0 amide bonds. The average Bonchev–Trinajstić information content (AvgIpc) is 2.87. The summed E-state index contributed by atoms with van der Waals surface area (Å²) in [4.78, 5) is 10.4. The first kappa shape index (κ1) is 13.7. The number of rotatable bonds is 5. The van der Waals surface area contributed by atoms with Gasteiger partial charge in [0.25, 0.3) is 0 Å². The maximum Gasteiger partial charge on any atom is 0.147 e. The first-order valence-electron chi connectivity index (χ1n) is 7.18. The van der Waals surface area contributed by atoms with Crippen molar-refractivity contribution < 1.29 is 9.64 Å². The van der Waals surface area contributed by atoms with Crippen LogP contribution in [0.4, 0.5) is 5.82 Å². The number of hydrogen-bond donors (Lipinski definition) is 2. The quantitative estimate of drug-likeness (QED) is 0.798. The van der Waals surface area contributed by atoms with E-state index in [1.807, 2.05) is 0 Å². The Labute approximate surface area is 123 Å². The van der Waals surface area contributed by atoms with Gasteiger partial charge in [-0.15, -0.1) is 11.3 Å². The summed E-state index contributed by atoms with van der Waals surface area (Å²) in [7, 11) is 0. The van der Waals surface area contributed by atoms with E-state index in [0.717, 1.165) is 50.6 Å². The number of fused-ring (bicyclic) bond motifs is 1. The second kappa shape index (κ2) is 6.47. The van der Waals surface area contributed by atoms with Crippen molar-refractivity contribution in [1.29, 1.82) is 0 Å². The van der Waals surface area contributed by atoms with Crippen LogP contribution in [0.2, 0.25) is 0 Å². The van der Waals surface area contributed by atoms with Crippen molar-refractivity contribution in [3.05, 3.63) is 17.3 Å². The average molecular weight is 293 g/mol. The third-order valence-electron chi connectivity index (χ3n) is 3.73. The molecule has 6 heteroatoms. The van der Waals surface area contributed by atoms with Crippen LogP contribution in [0.1, 0.15) is 12.0 Å². The molecule has 20 heavy (non-hydrogen) atoms. The number of nitrogens with one attached hydrogen (secondary N) is 2. The first-order valence-corrected chi connectivity index (χ1v) is 8.06. The van der Waals surface area contributed by atoms with Gasteiger partial charge < -0.3 is 15.0 Å². The Morgan fingerprint density at radius 1 is 1.35 bits per heavy atom. The second-order valence-corrected chi connectivity index (χ2v) is 6.09. The maximum absolute atomic E-state index is 5.37. The molecule has 1 saturated heterocycles. The van der Waals surface area contributed by atoms with E-state index < -0.39 is 0 Å². The molecule has 1 aliphatic rings. The SMILES string of the molecule is Cc1csc2c(NCCC[NH+]3CCOCC3)ncnc12. The molecule has 2 N–H and O–H groups in total. The minimum Gasteiger partial charge on any atom is -0.370 e. The van der Waals surface area contributed by atoms with Crippen molar-refractivity contribution in [3.8, 4) is 0 Å². The standard InChI is InChI=1S/C14H20N4OS/c1-11-9-20-13-12(11)16-10-17-14(13)15-3-2-4-18-5-7-19-8-6-18/h9-10H,2-8H2,1H3,(H,15,16,17)/p+1. The summed E-state index contributed by atoms with van der Waals surface area (Å²) >= 11 is 1.72. The molecule has 0 radical (unpaired) electrons. The highest BCUT2D eigenvalue weighted by Gasteiger charge is 2.13. The number of aryl methyl sites for hydroxylation is 1. The van der Waals surface area contributed by atoms with Gasteiger partial charge in [-0.2, -0.15) is 0 Å². The number of nitrogens with zero attached hydrogens (tertiary/aromatic N) is 2. The molecule has 0 spiro atoms. The van der Waals surface area contributed by atoms with Gasteiger partial charge in [0.2, 0.25) is 0 Å². The van der Waals surface area contributed by atoms with E-state index in [9.17, 15) is 0 Å². The van der Waals surface area contributed by atoms with Crippen LogP contribution in [0.25, 0.3) is 10.2 Å². The summed E-state index contributed by atoms with van der Waals surface area (Å²) in [5.41, 5.74) is 2.31. The van der Waals surface area contributed by atoms with Gasteiger partial charge in [0.1, 0.15) is 25.2 Å². The molecule has 3 heterocycles. The number of aromatic nitrogens is 2. The van der Waals surface area contributed by atoms with Gasteiger partial charge in [-0.3, -0.25) is 0 Å². The highest BCUT2D eigenvalue weighted by molar-refractivity contribution is 7.18. The Hall–Kier alpha value is -1.24. The van der Waals surface area contributed by atoms with E-state index in [0.29, 0.717) is 0 Å². The number of anilines is 1. The Balaban J connectivity index is 1.52. The largest absolute Gasteiger partial charge is 0.370 e. The van der Waals surface area contributed by atoms with Crippen LogP contribution >= 0.6 is 11.3 Å². The van der Waals surface area contributed by atoms with Crippen LogP contribution in [0, 0.1) is 6.92 Å². The van der Waals surface area contributed by atoms with Gasteiger partial charge in [0.15, 0.2) is 0 Å². The number of ether oxygens (including phenoxy) is 1. The molecule has 0 aromatic carbocycles. The summed E-state index contributed by atoms with van der Waals surface area (Å²) in [6.45, 7) is 8.36. The maximum atomic E-state index is 5.37. The third-order valence-corrected chi connectivity index (χ3v) is 4.82. The molecule has 3 rings (SSSR count). The molecule has 2 aromatic rings. The normalized spacial score (nSPS) is 16.6. The molecule has 0 saturated carbocycles. The second-order valence-electron chi connectivity index (χ2n) is 5.21. The number of thiophene rings is 1. The van der Waals surface area contributed by atoms with E-state index in [2.05, 4.69) is 27.6 Å². The van der Waals surface area contributed by atoms with E-state index in [-0.39, 0.29) is 0 Å². The van der Waals surface area contributed by atoms with Gasteiger partial charge >= 0.3 is 0 Å². The summed E-state index contributed by atoms with van der Waals surface area (Å²) < 4.78 is 6.54. The van der Waals surface area contributed by atoms with Gasteiger partial charge in [-0.1, -0.05) is 0 Å². The Morgan fingerprint density at radius 3 is 3.05 bits per heavy atom. The van der Waals surface area contributed by atoms with Crippen molar-refractivity contribution in [2.45, 2.75) is 13.3 Å². The fraction of sp³-hybridized carbons (Fsp3) is 0.571. The predicted octanol–water partition coefficient (Wildman–Crippen LogP) is 0.717. The van der Waals surface area contributed by atoms with Gasteiger partial charge in [-0.05, 0) is 17.9 Å². The number of hydrogen-bond acceptors (Lipinski definition) is 5. The highest BCUT2D eigenvalue weighted by atomic mass is 32.1. The van der Waals surface area contributed by atoms with Crippen LogP contribution < -0.4 is 10.2 Å². The Bertz CT molecular complexity index is 565. The molecule has 108 valence electrons. The smallest absolute Gasteiger partial charge is 0.147 e. The highest BCUT2D eigenvalue weighted by Crippen LogP contribution is 2.28. The zero-order chi connectivity index (χ0) is 13.8. The van der Waals surface area contributed by atoms with E-state index >= 15 is 0 Å². The van der Waals surface area contributed by atoms with Crippen molar-refractivity contribution >= 4 is 27.4 Å². The molecular formula is C14H21N4OS+. The Kier molecular flexibility index (Phi) is 4.44. The fourth-order valence-corrected chi connectivity index (χ4v) is 3.52. The van der Waals surface area contributed by atoms with Crippen molar-refractivity contribution in [1.82, 2.24) is 9.97 Å². The third kappa shape index (κ3) is 3.08. The van der Waals surface area contributed by atoms with Gasteiger partial charge in [-0.25, -0.2) is 9.97 Å². The van der Waals surface area contributed by atoms with E-state index in [1.165, 1.54) is 16.8 Å². The van der Waals surface area contributed by atoms with Crippen molar-refractivity contribution in [3.63, 3.8) is 0 Å². The summed E-state index contributed by atoms with van der Waals surface area (Å²) in [6, 6.07) is 0. The first-order chi connectivity index (χ1) is 9.84. The van der Waals surface area contributed by atoms with Crippen molar-refractivity contribution in [2.24, 2.45) is 0 Å². The van der Waals surface area contributed by atoms with Crippen molar-refractivity contribution in [2.75, 3.05) is 44.7 Å². The lowest BCUT2D eigenvalue weighted by Crippen LogP contribution is -3.14. The van der Waals surface area contributed by atoms with Crippen LogP contribution in [0.3, 0.4) is 0 Å². The lowest BCUT2D eigenvalue weighted by atomic mass is 10.3. The molecule has 1 fully saturated rings. The van der Waals surface area contributed by atoms with E-state index in [1.54, 1.807) is 22.6 Å². The molecule has 0 atom stereocenters. The molecule has 0 bridgehead atoms. The zero-order valence-electron chi connectivity index (χ0n) is 11.8. The minimum absolute atomic E-state index is 0.907. The zero-order valence-corrected chi connectivity index (χ0v) is 12.6.